The molecule has 7 nitrogen and oxygen atoms in total. The molecule has 0 saturated carbocycles. The maximum atomic E-state index is 12.2. The largest absolute Gasteiger partial charge is 0.444 e. The molecule has 1 fully saturated rings. The van der Waals surface area contributed by atoms with E-state index in [-0.39, 0.29) is 30.3 Å². The average Bonchev–Trinajstić information content (AvgIpc) is 2.53. The first-order valence-corrected chi connectivity index (χ1v) is 10.0. The number of rotatable bonds is 5. The smallest absolute Gasteiger partial charge is 0.407 e. The molecule has 1 aliphatic rings. The first-order chi connectivity index (χ1) is 12.0. The van der Waals surface area contributed by atoms with Gasteiger partial charge in [0, 0.05) is 0 Å². The Kier molecular flexibility index (Phi) is 6.65. The van der Waals surface area contributed by atoms with Gasteiger partial charge in [-0.2, -0.15) is 8.42 Å². The Balaban J connectivity index is 1.76. The highest BCUT2D eigenvalue weighted by Crippen LogP contribution is 2.18. The lowest BCUT2D eigenvalue weighted by Gasteiger charge is -2.30. The highest BCUT2D eigenvalue weighted by atomic mass is 32.2. The van der Waals surface area contributed by atoms with Gasteiger partial charge in [-0.05, 0) is 52.7 Å². The fourth-order valence-electron chi connectivity index (χ4n) is 2.46. The second-order valence-corrected chi connectivity index (χ2v) is 9.04. The molecule has 1 heterocycles. The summed E-state index contributed by atoms with van der Waals surface area (Å²) in [6.07, 6.45) is 0.441. The second kappa shape index (κ2) is 8.37. The van der Waals surface area contributed by atoms with Crippen molar-refractivity contribution >= 4 is 16.2 Å². The lowest BCUT2D eigenvalue weighted by molar-refractivity contribution is -0.0275. The molecular formula is C18H27NO6S. The topological polar surface area (TPSA) is 90.9 Å². The van der Waals surface area contributed by atoms with E-state index in [0.29, 0.717) is 12.8 Å². The summed E-state index contributed by atoms with van der Waals surface area (Å²) in [4.78, 5) is 11.9. The molecule has 1 amide bonds. The fraction of sp³-hybridized carbons (Fsp3) is 0.611. The van der Waals surface area contributed by atoms with Crippen LogP contribution in [0, 0.1) is 6.92 Å². The van der Waals surface area contributed by atoms with Crippen LogP contribution in [-0.2, 0) is 23.8 Å². The number of benzene rings is 1. The molecule has 0 aliphatic carbocycles. The number of hydrogen-bond donors (Lipinski definition) is 1. The number of nitrogens with one attached hydrogen (secondary N) is 1. The Morgan fingerprint density at radius 1 is 1.23 bits per heavy atom. The van der Waals surface area contributed by atoms with E-state index in [4.69, 9.17) is 13.7 Å². The Hall–Kier alpha value is -1.64. The van der Waals surface area contributed by atoms with Gasteiger partial charge in [-0.15, -0.1) is 0 Å². The van der Waals surface area contributed by atoms with E-state index in [1.54, 1.807) is 32.9 Å². The minimum atomic E-state index is -3.80. The summed E-state index contributed by atoms with van der Waals surface area (Å²) >= 11 is 0. The maximum Gasteiger partial charge on any atom is 0.407 e. The maximum absolute atomic E-state index is 12.2. The molecule has 2 atom stereocenters. The van der Waals surface area contributed by atoms with E-state index in [9.17, 15) is 13.2 Å². The molecule has 2 rings (SSSR count). The van der Waals surface area contributed by atoms with Crippen molar-refractivity contribution in [2.24, 2.45) is 0 Å². The van der Waals surface area contributed by atoms with Crippen LogP contribution in [0.25, 0.3) is 0 Å². The molecule has 1 N–H and O–H groups in total. The van der Waals surface area contributed by atoms with Crippen LogP contribution in [-0.4, -0.2) is 45.5 Å². The van der Waals surface area contributed by atoms with E-state index in [2.05, 4.69) is 5.32 Å². The Labute approximate surface area is 155 Å². The van der Waals surface area contributed by atoms with Gasteiger partial charge in [0.25, 0.3) is 10.1 Å². The molecule has 0 spiro atoms. The number of ether oxygens (including phenoxy) is 2. The van der Waals surface area contributed by atoms with Crippen LogP contribution < -0.4 is 5.32 Å². The molecule has 1 saturated heterocycles. The van der Waals surface area contributed by atoms with Gasteiger partial charge in [-0.1, -0.05) is 17.7 Å². The molecule has 0 aromatic heterocycles. The van der Waals surface area contributed by atoms with Gasteiger partial charge in [0.05, 0.1) is 30.3 Å². The van der Waals surface area contributed by atoms with Crippen LogP contribution in [0.3, 0.4) is 0 Å². The van der Waals surface area contributed by atoms with Crippen molar-refractivity contribution in [3.8, 4) is 0 Å². The Morgan fingerprint density at radius 3 is 2.42 bits per heavy atom. The number of aryl methyl sites for hydroxylation is 1. The summed E-state index contributed by atoms with van der Waals surface area (Å²) in [5, 5.41) is 2.75. The van der Waals surface area contributed by atoms with E-state index >= 15 is 0 Å². The van der Waals surface area contributed by atoms with Gasteiger partial charge in [0.1, 0.15) is 5.60 Å². The molecule has 1 aromatic rings. The summed E-state index contributed by atoms with van der Waals surface area (Å²) < 4.78 is 40.3. The van der Waals surface area contributed by atoms with Crippen molar-refractivity contribution in [1.29, 1.82) is 0 Å². The third kappa shape index (κ3) is 6.59. The molecule has 8 heteroatoms. The first kappa shape index (κ1) is 20.7. The Bertz CT molecular complexity index is 700. The van der Waals surface area contributed by atoms with Crippen molar-refractivity contribution in [1.82, 2.24) is 5.32 Å². The molecule has 1 aromatic carbocycles. The van der Waals surface area contributed by atoms with Crippen LogP contribution in [0.1, 0.15) is 39.2 Å². The zero-order valence-corrected chi connectivity index (χ0v) is 16.5. The average molecular weight is 385 g/mol. The van der Waals surface area contributed by atoms with Gasteiger partial charge in [0.15, 0.2) is 0 Å². The monoisotopic (exact) mass is 385 g/mol. The zero-order chi connectivity index (χ0) is 19.4. The van der Waals surface area contributed by atoms with Crippen molar-refractivity contribution < 1.29 is 26.9 Å². The quantitative estimate of drug-likeness (QED) is 0.784. The minimum absolute atomic E-state index is 0.0463. The van der Waals surface area contributed by atoms with Crippen LogP contribution in [0.2, 0.25) is 0 Å². The lowest BCUT2D eigenvalue weighted by Crippen LogP contribution is -2.45. The standard InChI is InChI=1S/C18H27NO6S/c1-13-5-9-16(10-6-13)26(21,22)24-12-15-8-7-14(11-23-15)19-17(20)25-18(2,3)4/h5-6,9-10,14-15H,7-8,11-12H2,1-4H3,(H,19,20)/t14-,15+/m1/s1. The Morgan fingerprint density at radius 2 is 1.88 bits per heavy atom. The minimum Gasteiger partial charge on any atom is -0.444 e. The molecule has 146 valence electrons. The van der Waals surface area contributed by atoms with Crippen LogP contribution in [0.15, 0.2) is 29.2 Å². The lowest BCUT2D eigenvalue weighted by atomic mass is 10.1. The van der Waals surface area contributed by atoms with Crippen LogP contribution in [0.4, 0.5) is 4.79 Å². The molecule has 0 radical (unpaired) electrons. The summed E-state index contributed by atoms with van der Waals surface area (Å²) in [7, 11) is -3.80. The first-order valence-electron chi connectivity index (χ1n) is 8.62. The van der Waals surface area contributed by atoms with E-state index < -0.39 is 21.8 Å². The molecular weight excluding hydrogens is 358 g/mol. The predicted molar refractivity (Wildman–Crippen MR) is 96.4 cm³/mol. The number of alkyl carbamates (subject to hydrolysis) is 1. The number of carbonyl (C=O) groups is 1. The number of amides is 1. The summed E-state index contributed by atoms with van der Waals surface area (Å²) in [5.41, 5.74) is 0.420. The number of carbonyl (C=O) groups excluding carboxylic acids is 1. The summed E-state index contributed by atoms with van der Waals surface area (Å²) in [5.74, 6) is 0. The van der Waals surface area contributed by atoms with Crippen molar-refractivity contribution in [3.05, 3.63) is 29.8 Å². The van der Waals surface area contributed by atoms with Crippen molar-refractivity contribution in [2.75, 3.05) is 13.2 Å². The third-order valence-electron chi connectivity index (χ3n) is 3.81. The zero-order valence-electron chi connectivity index (χ0n) is 15.7. The SMILES string of the molecule is Cc1ccc(S(=O)(=O)OC[C@@H]2CC[C@@H](NC(=O)OC(C)(C)C)CO2)cc1. The van der Waals surface area contributed by atoms with E-state index in [1.807, 2.05) is 6.92 Å². The van der Waals surface area contributed by atoms with Crippen LogP contribution in [0.5, 0.6) is 0 Å². The highest BCUT2D eigenvalue weighted by Gasteiger charge is 2.27. The molecule has 1 aliphatic heterocycles. The second-order valence-electron chi connectivity index (χ2n) is 7.43. The highest BCUT2D eigenvalue weighted by molar-refractivity contribution is 7.86. The molecule has 0 unspecified atom stereocenters. The van der Waals surface area contributed by atoms with Gasteiger partial charge >= 0.3 is 6.09 Å². The normalized spacial score (nSPS) is 21.2. The third-order valence-corrected chi connectivity index (χ3v) is 5.11. The van der Waals surface area contributed by atoms with Gasteiger partial charge in [0.2, 0.25) is 0 Å². The van der Waals surface area contributed by atoms with Crippen LogP contribution >= 0.6 is 0 Å². The summed E-state index contributed by atoms with van der Waals surface area (Å²) in [6, 6.07) is 6.33. The van der Waals surface area contributed by atoms with Gasteiger partial charge < -0.3 is 14.8 Å². The summed E-state index contributed by atoms with van der Waals surface area (Å²) in [6.45, 7) is 7.52. The molecule has 26 heavy (non-hydrogen) atoms. The van der Waals surface area contributed by atoms with Crippen molar-refractivity contribution in [2.45, 2.75) is 63.2 Å². The van der Waals surface area contributed by atoms with Gasteiger partial charge in [-0.3, -0.25) is 4.18 Å². The van der Waals surface area contributed by atoms with E-state index in [1.165, 1.54) is 12.1 Å². The predicted octanol–water partition coefficient (Wildman–Crippen LogP) is 2.77. The van der Waals surface area contributed by atoms with Crippen molar-refractivity contribution in [3.63, 3.8) is 0 Å². The molecule has 0 bridgehead atoms. The van der Waals surface area contributed by atoms with E-state index in [0.717, 1.165) is 5.56 Å². The number of hydrogen-bond acceptors (Lipinski definition) is 6. The van der Waals surface area contributed by atoms with Gasteiger partial charge in [-0.25, -0.2) is 4.79 Å². The fourth-order valence-corrected chi connectivity index (χ4v) is 3.40.